The number of fused-ring (bicyclic) bond motifs is 2. The summed E-state index contributed by atoms with van der Waals surface area (Å²) in [5.74, 6) is 0. The second-order valence-corrected chi connectivity index (χ2v) is 12.6. The molecule has 6 aromatic rings. The number of aromatic amines is 2. The van der Waals surface area contributed by atoms with Crippen LogP contribution in [0.4, 0.5) is 0 Å². The number of aromatic nitrogens is 2. The smallest absolute Gasteiger partial charge is 0.0458 e. The Labute approximate surface area is 275 Å². The van der Waals surface area contributed by atoms with Gasteiger partial charge in [0, 0.05) is 33.2 Å². The largest absolute Gasteiger partial charge is 0.358 e. The lowest BCUT2D eigenvalue weighted by Gasteiger charge is -2.09. The Balaban J connectivity index is 0.986. The Morgan fingerprint density at radius 2 is 0.783 bits per heavy atom. The molecule has 0 aliphatic rings. The summed E-state index contributed by atoms with van der Waals surface area (Å²) in [6.45, 7) is 4.15. The second kappa shape index (κ2) is 17.0. The van der Waals surface area contributed by atoms with Crippen molar-refractivity contribution in [1.82, 2.24) is 20.6 Å². The third-order valence-corrected chi connectivity index (χ3v) is 9.33. The molecule has 0 saturated heterocycles. The Morgan fingerprint density at radius 3 is 1.24 bits per heavy atom. The van der Waals surface area contributed by atoms with Crippen molar-refractivity contribution in [3.05, 3.63) is 143 Å². The molecule has 4 aromatic carbocycles. The minimum atomic E-state index is 1.02. The molecule has 0 amide bonds. The van der Waals surface area contributed by atoms with Gasteiger partial charge in [0.25, 0.3) is 0 Å². The molecule has 0 fully saturated rings. The van der Waals surface area contributed by atoms with Crippen LogP contribution in [0.3, 0.4) is 0 Å². The number of para-hydroxylation sites is 2. The normalized spacial score (nSPS) is 11.6. The van der Waals surface area contributed by atoms with Gasteiger partial charge in [0.1, 0.15) is 0 Å². The van der Waals surface area contributed by atoms with Crippen LogP contribution in [-0.2, 0) is 38.5 Å². The SMILES string of the molecule is c1ccc(CCCNCCc2c(CCCCc3[nH]c4ccccc4c3CCNCCCc3ccccc3)[nH]c3ccccc23)cc1. The van der Waals surface area contributed by atoms with E-state index in [-0.39, 0.29) is 0 Å². The first-order valence-electron chi connectivity index (χ1n) is 17.5. The van der Waals surface area contributed by atoms with Crippen molar-refractivity contribution in [2.24, 2.45) is 0 Å². The molecular formula is C42H50N4. The molecule has 0 atom stereocenters. The highest BCUT2D eigenvalue weighted by atomic mass is 14.9. The molecule has 0 bridgehead atoms. The lowest BCUT2D eigenvalue weighted by molar-refractivity contribution is 0.642. The quantitative estimate of drug-likeness (QED) is 0.0693. The van der Waals surface area contributed by atoms with E-state index in [0.29, 0.717) is 0 Å². The second-order valence-electron chi connectivity index (χ2n) is 12.6. The topological polar surface area (TPSA) is 55.6 Å². The van der Waals surface area contributed by atoms with Gasteiger partial charge in [-0.15, -0.1) is 0 Å². The summed E-state index contributed by atoms with van der Waals surface area (Å²) in [7, 11) is 0. The zero-order chi connectivity index (χ0) is 31.2. The summed E-state index contributed by atoms with van der Waals surface area (Å²) < 4.78 is 0. The first-order chi connectivity index (χ1) is 22.8. The minimum Gasteiger partial charge on any atom is -0.358 e. The van der Waals surface area contributed by atoms with E-state index in [2.05, 4.69) is 130 Å². The van der Waals surface area contributed by atoms with E-state index >= 15 is 0 Å². The third-order valence-electron chi connectivity index (χ3n) is 9.33. The molecule has 0 aliphatic heterocycles. The molecule has 4 heteroatoms. The van der Waals surface area contributed by atoms with E-state index < -0.39 is 0 Å². The van der Waals surface area contributed by atoms with Crippen molar-refractivity contribution in [3.8, 4) is 0 Å². The zero-order valence-corrected chi connectivity index (χ0v) is 27.3. The zero-order valence-electron chi connectivity index (χ0n) is 27.3. The van der Waals surface area contributed by atoms with Crippen molar-refractivity contribution >= 4 is 21.8 Å². The Morgan fingerprint density at radius 1 is 0.370 bits per heavy atom. The van der Waals surface area contributed by atoms with Crippen LogP contribution in [0.1, 0.15) is 59.3 Å². The van der Waals surface area contributed by atoms with E-state index in [1.165, 1.54) is 81.1 Å². The standard InChI is InChI=1S/C42H50N4/c1-3-15-33(16-4-1)19-13-29-43-31-27-37-35-21-7-9-23-39(35)45-41(37)25-11-12-26-42-38(36-22-8-10-24-40(36)46-42)28-32-44-30-14-20-34-17-5-2-6-18-34/h1-10,15-18,21-24,43-46H,11-14,19-20,25-32H2. The van der Waals surface area contributed by atoms with E-state index in [1.807, 2.05) is 0 Å². The number of unbranched alkanes of at least 4 members (excludes halogenated alkanes) is 1. The van der Waals surface area contributed by atoms with Crippen LogP contribution in [0.15, 0.2) is 109 Å². The molecule has 0 spiro atoms. The summed E-state index contributed by atoms with van der Waals surface area (Å²) in [4.78, 5) is 7.56. The molecule has 238 valence electrons. The van der Waals surface area contributed by atoms with Crippen LogP contribution in [0.2, 0.25) is 0 Å². The van der Waals surface area contributed by atoms with Crippen LogP contribution >= 0.6 is 0 Å². The van der Waals surface area contributed by atoms with E-state index in [4.69, 9.17) is 0 Å². The molecular weight excluding hydrogens is 560 g/mol. The van der Waals surface area contributed by atoms with Crippen molar-refractivity contribution in [2.45, 2.75) is 64.2 Å². The van der Waals surface area contributed by atoms with Gasteiger partial charge in [0.05, 0.1) is 0 Å². The first-order valence-corrected chi connectivity index (χ1v) is 17.5. The molecule has 0 unspecified atom stereocenters. The summed E-state index contributed by atoms with van der Waals surface area (Å²) >= 11 is 0. The van der Waals surface area contributed by atoms with Gasteiger partial charge in [0.15, 0.2) is 0 Å². The van der Waals surface area contributed by atoms with Crippen LogP contribution in [0.25, 0.3) is 21.8 Å². The van der Waals surface area contributed by atoms with Gasteiger partial charge in [-0.1, -0.05) is 97.1 Å². The minimum absolute atomic E-state index is 1.02. The molecule has 0 aliphatic carbocycles. The predicted molar refractivity (Wildman–Crippen MR) is 196 cm³/mol. The fraction of sp³-hybridized carbons (Fsp3) is 0.333. The van der Waals surface area contributed by atoms with Crippen molar-refractivity contribution in [1.29, 1.82) is 0 Å². The average Bonchev–Trinajstić information content (AvgIpc) is 3.64. The van der Waals surface area contributed by atoms with E-state index in [9.17, 15) is 0 Å². The van der Waals surface area contributed by atoms with Gasteiger partial charge >= 0.3 is 0 Å². The van der Waals surface area contributed by atoms with Crippen LogP contribution in [-0.4, -0.2) is 36.1 Å². The van der Waals surface area contributed by atoms with Gasteiger partial charge in [-0.05, 0) is 125 Å². The highest BCUT2D eigenvalue weighted by Crippen LogP contribution is 2.26. The van der Waals surface area contributed by atoms with Gasteiger partial charge in [-0.25, -0.2) is 0 Å². The molecule has 0 radical (unpaired) electrons. The fourth-order valence-corrected chi connectivity index (χ4v) is 6.91. The van der Waals surface area contributed by atoms with Gasteiger partial charge in [0.2, 0.25) is 0 Å². The summed E-state index contributed by atoms with van der Waals surface area (Å²) in [6, 6.07) is 39.3. The predicted octanol–water partition coefficient (Wildman–Crippen LogP) is 8.74. The molecule has 6 rings (SSSR count). The lowest BCUT2D eigenvalue weighted by atomic mass is 10.0. The number of hydrogen-bond donors (Lipinski definition) is 4. The number of benzene rings is 4. The number of rotatable bonds is 19. The monoisotopic (exact) mass is 610 g/mol. The number of aryl methyl sites for hydroxylation is 4. The number of hydrogen-bond acceptors (Lipinski definition) is 2. The molecule has 46 heavy (non-hydrogen) atoms. The maximum absolute atomic E-state index is 3.78. The van der Waals surface area contributed by atoms with Crippen molar-refractivity contribution in [3.63, 3.8) is 0 Å². The highest BCUT2D eigenvalue weighted by Gasteiger charge is 2.13. The number of nitrogens with one attached hydrogen (secondary N) is 4. The number of H-pyrrole nitrogens is 2. The lowest BCUT2D eigenvalue weighted by Crippen LogP contribution is -2.19. The van der Waals surface area contributed by atoms with Gasteiger partial charge in [-0.2, -0.15) is 0 Å². The van der Waals surface area contributed by atoms with Crippen LogP contribution in [0.5, 0.6) is 0 Å². The summed E-state index contributed by atoms with van der Waals surface area (Å²) in [6.07, 6.45) is 11.3. The third kappa shape index (κ3) is 8.78. The molecule has 2 aromatic heterocycles. The molecule has 0 saturated carbocycles. The van der Waals surface area contributed by atoms with E-state index in [0.717, 1.165) is 64.7 Å². The van der Waals surface area contributed by atoms with Crippen LogP contribution < -0.4 is 10.6 Å². The summed E-state index contributed by atoms with van der Waals surface area (Å²) in [5.41, 5.74) is 11.2. The highest BCUT2D eigenvalue weighted by molar-refractivity contribution is 5.85. The van der Waals surface area contributed by atoms with E-state index in [1.54, 1.807) is 0 Å². The Kier molecular flexibility index (Phi) is 11.8. The summed E-state index contributed by atoms with van der Waals surface area (Å²) in [5, 5.41) is 10.2. The molecule has 4 N–H and O–H groups in total. The van der Waals surface area contributed by atoms with Crippen LogP contribution in [0, 0.1) is 0 Å². The maximum Gasteiger partial charge on any atom is 0.0458 e. The van der Waals surface area contributed by atoms with Gasteiger partial charge in [-0.3, -0.25) is 0 Å². The molecule has 2 heterocycles. The average molecular weight is 611 g/mol. The Hall–Kier alpha value is -4.12. The Bertz CT molecular complexity index is 1620. The molecule has 4 nitrogen and oxygen atoms in total. The maximum atomic E-state index is 3.78. The fourth-order valence-electron chi connectivity index (χ4n) is 6.91. The van der Waals surface area contributed by atoms with Crippen molar-refractivity contribution in [2.75, 3.05) is 26.2 Å². The first kappa shape index (κ1) is 31.8. The van der Waals surface area contributed by atoms with Crippen molar-refractivity contribution < 1.29 is 0 Å². The van der Waals surface area contributed by atoms with Gasteiger partial charge < -0.3 is 20.6 Å².